The molecule has 0 aliphatic heterocycles. The Kier molecular flexibility index (Phi) is 3.10. The normalized spacial score (nSPS) is 25.3. The highest BCUT2D eigenvalue weighted by atomic mass is 35.5. The first-order valence-corrected chi connectivity index (χ1v) is 6.97. The van der Waals surface area contributed by atoms with Crippen molar-refractivity contribution in [3.8, 4) is 0 Å². The minimum absolute atomic E-state index is 0.0477. The molecule has 0 unspecified atom stereocenters. The number of allylic oxidation sites excluding steroid dienone is 2. The minimum Gasteiger partial charge on any atom is -0.307 e. The lowest BCUT2D eigenvalue weighted by Gasteiger charge is -2.04. The molecule has 2 atom stereocenters. The van der Waals surface area contributed by atoms with Gasteiger partial charge in [-0.3, -0.25) is 0 Å². The first kappa shape index (κ1) is 14.4. The summed E-state index contributed by atoms with van der Waals surface area (Å²) in [4.78, 5) is 4.50. The van der Waals surface area contributed by atoms with Crippen LogP contribution in [0.15, 0.2) is 41.7 Å². The van der Waals surface area contributed by atoms with Crippen LogP contribution in [0.2, 0.25) is 0 Å². The molecule has 0 N–H and O–H groups in total. The largest absolute Gasteiger partial charge is 0.426 e. The van der Waals surface area contributed by atoms with Gasteiger partial charge >= 0.3 is 6.18 Å². The average Bonchev–Trinajstić information content (AvgIpc) is 2.75. The minimum atomic E-state index is -4.48. The highest BCUT2D eigenvalue weighted by Crippen LogP contribution is 2.65. The fraction of sp³-hybridized carbons (Fsp3) is 0.400. The van der Waals surface area contributed by atoms with Crippen molar-refractivity contribution in [3.63, 3.8) is 0 Å². The monoisotopic (exact) mass is 314 g/mol. The summed E-state index contributed by atoms with van der Waals surface area (Å²) in [7, 11) is 0. The molecule has 0 amide bonds. The van der Waals surface area contributed by atoms with Crippen LogP contribution in [-0.2, 0) is 0 Å². The number of rotatable bonds is 2. The van der Waals surface area contributed by atoms with Crippen LogP contribution in [0.4, 0.5) is 13.2 Å². The van der Waals surface area contributed by atoms with Crippen LogP contribution in [0.25, 0.3) is 5.65 Å². The summed E-state index contributed by atoms with van der Waals surface area (Å²) >= 11 is 5.36. The van der Waals surface area contributed by atoms with Crippen LogP contribution in [0.1, 0.15) is 25.5 Å². The molecule has 2 aromatic heterocycles. The molecule has 1 saturated carbocycles. The number of pyridine rings is 1. The van der Waals surface area contributed by atoms with E-state index < -0.39 is 11.2 Å². The van der Waals surface area contributed by atoms with Crippen molar-refractivity contribution < 1.29 is 13.2 Å². The predicted molar refractivity (Wildman–Crippen MR) is 75.2 cm³/mol. The second-order valence-corrected chi connectivity index (χ2v) is 6.38. The van der Waals surface area contributed by atoms with E-state index in [0.29, 0.717) is 0 Å². The fourth-order valence-corrected chi connectivity index (χ4v) is 3.05. The van der Waals surface area contributed by atoms with Gasteiger partial charge in [0, 0.05) is 18.3 Å². The molecule has 1 aliphatic carbocycles. The lowest BCUT2D eigenvalue weighted by Crippen LogP contribution is -2.07. The van der Waals surface area contributed by atoms with Gasteiger partial charge in [0.25, 0.3) is 0 Å². The van der Waals surface area contributed by atoms with Gasteiger partial charge in [-0.05, 0) is 23.5 Å². The summed E-state index contributed by atoms with van der Waals surface area (Å²) in [5.74, 6) is -0.301. The Bertz CT molecular complexity index is 682. The van der Waals surface area contributed by atoms with E-state index in [2.05, 4.69) is 4.98 Å². The van der Waals surface area contributed by atoms with E-state index in [1.54, 1.807) is 0 Å². The third-order valence-corrected chi connectivity index (χ3v) is 4.55. The zero-order chi connectivity index (χ0) is 15.4. The van der Waals surface area contributed by atoms with Gasteiger partial charge < -0.3 is 4.40 Å². The second-order valence-electron chi connectivity index (χ2n) is 5.97. The molecular formula is C15H14ClF3N2. The maximum Gasteiger partial charge on any atom is 0.426 e. The van der Waals surface area contributed by atoms with E-state index in [1.165, 1.54) is 0 Å². The number of hydrogen-bond donors (Lipinski definition) is 0. The first-order chi connectivity index (χ1) is 9.71. The van der Waals surface area contributed by atoms with E-state index >= 15 is 0 Å². The van der Waals surface area contributed by atoms with E-state index in [0.717, 1.165) is 17.4 Å². The molecule has 21 heavy (non-hydrogen) atoms. The zero-order valence-corrected chi connectivity index (χ0v) is 12.3. The molecule has 1 aliphatic rings. The highest BCUT2D eigenvalue weighted by molar-refractivity contribution is 6.30. The Balaban J connectivity index is 1.93. The van der Waals surface area contributed by atoms with Gasteiger partial charge in [-0.15, -0.1) is 0 Å². The van der Waals surface area contributed by atoms with Crippen LogP contribution >= 0.6 is 11.6 Å². The van der Waals surface area contributed by atoms with Crippen LogP contribution < -0.4 is 0 Å². The van der Waals surface area contributed by atoms with Crippen molar-refractivity contribution in [3.05, 3.63) is 47.4 Å². The summed E-state index contributed by atoms with van der Waals surface area (Å²) in [6, 6.07) is 5.63. The summed E-state index contributed by atoms with van der Waals surface area (Å²) in [5, 5.41) is -1.05. The Morgan fingerprint density at radius 1 is 1.38 bits per heavy atom. The van der Waals surface area contributed by atoms with Crippen molar-refractivity contribution >= 4 is 17.2 Å². The van der Waals surface area contributed by atoms with Crippen molar-refractivity contribution in [2.24, 2.45) is 11.3 Å². The van der Waals surface area contributed by atoms with Crippen LogP contribution in [0, 0.1) is 11.3 Å². The van der Waals surface area contributed by atoms with Crippen molar-refractivity contribution in [1.29, 1.82) is 0 Å². The summed E-state index contributed by atoms with van der Waals surface area (Å²) in [5.41, 5.74) is 1.32. The molecule has 112 valence electrons. The van der Waals surface area contributed by atoms with Crippen molar-refractivity contribution in [1.82, 2.24) is 9.38 Å². The summed E-state index contributed by atoms with van der Waals surface area (Å²) < 4.78 is 39.6. The Labute approximate surface area is 125 Å². The SMILES string of the molecule is CC1(C)[C@H](/C=C(/Cl)C(F)(F)F)[C@@H]1c1cn2ccccc2n1. The summed E-state index contributed by atoms with van der Waals surface area (Å²) in [6.45, 7) is 3.87. The first-order valence-electron chi connectivity index (χ1n) is 6.59. The van der Waals surface area contributed by atoms with Crippen molar-refractivity contribution in [2.75, 3.05) is 0 Å². The Morgan fingerprint density at radius 2 is 2.10 bits per heavy atom. The zero-order valence-electron chi connectivity index (χ0n) is 11.5. The van der Waals surface area contributed by atoms with Gasteiger partial charge in [0.05, 0.1) is 5.69 Å². The third-order valence-electron chi connectivity index (χ3n) is 4.21. The Hall–Kier alpha value is -1.49. The summed E-state index contributed by atoms with van der Waals surface area (Å²) in [6.07, 6.45) is 0.381. The molecule has 2 nitrogen and oxygen atoms in total. The van der Waals surface area contributed by atoms with Gasteiger partial charge in [0.15, 0.2) is 0 Å². The van der Waals surface area contributed by atoms with Gasteiger partial charge in [0.1, 0.15) is 10.7 Å². The molecular weight excluding hydrogens is 301 g/mol. The smallest absolute Gasteiger partial charge is 0.307 e. The predicted octanol–water partition coefficient (Wildman–Crippen LogP) is 4.76. The number of aromatic nitrogens is 2. The topological polar surface area (TPSA) is 17.3 Å². The van der Waals surface area contributed by atoms with Crippen molar-refractivity contribution in [2.45, 2.75) is 25.9 Å². The fourth-order valence-electron chi connectivity index (χ4n) is 2.91. The molecule has 0 aromatic carbocycles. The average molecular weight is 315 g/mol. The molecule has 0 radical (unpaired) electrons. The lowest BCUT2D eigenvalue weighted by molar-refractivity contribution is -0.0848. The molecule has 1 fully saturated rings. The number of fused-ring (bicyclic) bond motifs is 1. The number of imidazole rings is 1. The molecule has 0 spiro atoms. The molecule has 0 bridgehead atoms. The maximum absolute atomic E-state index is 12.6. The van der Waals surface area contributed by atoms with Crippen LogP contribution in [-0.4, -0.2) is 15.6 Å². The molecule has 0 saturated heterocycles. The van der Waals surface area contributed by atoms with Gasteiger partial charge in [-0.25, -0.2) is 4.98 Å². The number of alkyl halides is 3. The van der Waals surface area contributed by atoms with Gasteiger partial charge in [0.2, 0.25) is 0 Å². The molecule has 6 heteroatoms. The van der Waals surface area contributed by atoms with Gasteiger partial charge in [-0.2, -0.15) is 13.2 Å². The Morgan fingerprint density at radius 3 is 2.71 bits per heavy atom. The molecule has 2 heterocycles. The van der Waals surface area contributed by atoms with Gasteiger partial charge in [-0.1, -0.05) is 37.6 Å². The van der Waals surface area contributed by atoms with E-state index in [1.807, 2.05) is 48.8 Å². The third kappa shape index (κ3) is 2.44. The van der Waals surface area contributed by atoms with E-state index in [9.17, 15) is 13.2 Å². The molecule has 3 rings (SSSR count). The number of hydrogen-bond acceptors (Lipinski definition) is 1. The van der Waals surface area contributed by atoms with E-state index in [4.69, 9.17) is 11.6 Å². The van der Waals surface area contributed by atoms with Crippen LogP contribution in [0.5, 0.6) is 0 Å². The highest BCUT2D eigenvalue weighted by Gasteiger charge is 2.59. The standard InChI is InChI=1S/C15H14ClF3N2/c1-14(2)9(7-11(16)15(17,18)19)13(14)10-8-21-6-4-3-5-12(21)20-10/h3-9,13H,1-2H3/b11-7+/t9-,13-/m1/s1. The number of nitrogens with zero attached hydrogens (tertiary/aromatic N) is 2. The van der Waals surface area contributed by atoms with Crippen LogP contribution in [0.3, 0.4) is 0 Å². The second kappa shape index (κ2) is 4.50. The lowest BCUT2D eigenvalue weighted by atomic mass is 10.1. The van der Waals surface area contributed by atoms with E-state index in [-0.39, 0.29) is 17.3 Å². The maximum atomic E-state index is 12.6. The molecule has 2 aromatic rings. The number of halogens is 4. The quantitative estimate of drug-likeness (QED) is 0.781.